The quantitative estimate of drug-likeness (QED) is 0.511. The second kappa shape index (κ2) is 6.99. The molecule has 0 aliphatic rings. The van der Waals surface area contributed by atoms with Crippen molar-refractivity contribution in [2.75, 3.05) is 6.54 Å². The molecule has 2 aromatic rings. The van der Waals surface area contributed by atoms with Crippen molar-refractivity contribution in [3.8, 4) is 11.8 Å². The molecule has 0 aliphatic carbocycles. The highest BCUT2D eigenvalue weighted by atomic mass is 32.1. The third-order valence-electron chi connectivity index (χ3n) is 2.39. The highest BCUT2D eigenvalue weighted by molar-refractivity contribution is 7.17. The SMILES string of the molecule is NCC#Cc1ccc(CNC(=O)c2ccc([N+](=O)[O-])s2)s1. The van der Waals surface area contributed by atoms with Crippen LogP contribution in [0.5, 0.6) is 0 Å². The molecular weight excluding hydrogens is 310 g/mol. The Morgan fingerprint density at radius 2 is 2.14 bits per heavy atom. The first-order valence-electron chi connectivity index (χ1n) is 5.90. The van der Waals surface area contributed by atoms with Crippen molar-refractivity contribution in [3.63, 3.8) is 0 Å². The summed E-state index contributed by atoms with van der Waals surface area (Å²) in [5.41, 5.74) is 5.30. The van der Waals surface area contributed by atoms with Crippen LogP contribution < -0.4 is 11.1 Å². The van der Waals surface area contributed by atoms with E-state index in [9.17, 15) is 14.9 Å². The Labute approximate surface area is 128 Å². The zero-order valence-corrected chi connectivity index (χ0v) is 12.4. The van der Waals surface area contributed by atoms with Crippen LogP contribution in [0.15, 0.2) is 24.3 Å². The number of hydrogen-bond acceptors (Lipinski definition) is 6. The molecule has 0 aliphatic heterocycles. The molecular formula is C13H11N3O3S2. The van der Waals surface area contributed by atoms with Gasteiger partial charge in [0.25, 0.3) is 5.91 Å². The van der Waals surface area contributed by atoms with Crippen LogP contribution in [0.4, 0.5) is 5.00 Å². The second-order valence-corrected chi connectivity index (χ2v) is 6.08. The summed E-state index contributed by atoms with van der Waals surface area (Å²) in [6.45, 7) is 0.667. The van der Waals surface area contributed by atoms with Gasteiger partial charge in [0.05, 0.1) is 27.8 Å². The zero-order valence-electron chi connectivity index (χ0n) is 10.8. The van der Waals surface area contributed by atoms with Crippen LogP contribution in [-0.2, 0) is 6.54 Å². The van der Waals surface area contributed by atoms with Crippen molar-refractivity contribution in [1.29, 1.82) is 0 Å². The first-order valence-corrected chi connectivity index (χ1v) is 7.53. The smallest absolute Gasteiger partial charge is 0.324 e. The summed E-state index contributed by atoms with van der Waals surface area (Å²) in [4.78, 5) is 24.1. The lowest BCUT2D eigenvalue weighted by atomic mass is 10.4. The van der Waals surface area contributed by atoms with Gasteiger partial charge in [-0.1, -0.05) is 23.2 Å². The summed E-state index contributed by atoms with van der Waals surface area (Å²) in [6.07, 6.45) is 0. The maximum atomic E-state index is 11.9. The number of thiophene rings is 2. The maximum Gasteiger partial charge on any atom is 0.324 e. The molecule has 2 rings (SSSR count). The Morgan fingerprint density at radius 3 is 2.81 bits per heavy atom. The Hall–Kier alpha value is -2.21. The van der Waals surface area contributed by atoms with Crippen molar-refractivity contribution >= 4 is 33.6 Å². The number of hydrogen-bond donors (Lipinski definition) is 2. The van der Waals surface area contributed by atoms with E-state index < -0.39 is 4.92 Å². The Balaban J connectivity index is 1.94. The molecule has 6 nitrogen and oxygen atoms in total. The molecule has 108 valence electrons. The highest BCUT2D eigenvalue weighted by Crippen LogP contribution is 2.24. The van der Waals surface area contributed by atoms with Crippen molar-refractivity contribution in [1.82, 2.24) is 5.32 Å². The van der Waals surface area contributed by atoms with E-state index in [0.29, 0.717) is 18.0 Å². The first-order chi connectivity index (χ1) is 10.1. The topological polar surface area (TPSA) is 98.3 Å². The summed E-state index contributed by atoms with van der Waals surface area (Å²) in [6, 6.07) is 6.52. The molecule has 0 saturated carbocycles. The molecule has 0 saturated heterocycles. The Bertz CT molecular complexity index is 724. The molecule has 0 aromatic carbocycles. The van der Waals surface area contributed by atoms with Gasteiger partial charge < -0.3 is 11.1 Å². The minimum atomic E-state index is -0.511. The van der Waals surface area contributed by atoms with E-state index in [-0.39, 0.29) is 10.9 Å². The highest BCUT2D eigenvalue weighted by Gasteiger charge is 2.15. The van der Waals surface area contributed by atoms with Gasteiger partial charge in [0, 0.05) is 10.9 Å². The number of amides is 1. The molecule has 0 fully saturated rings. The predicted molar refractivity (Wildman–Crippen MR) is 82.4 cm³/mol. The van der Waals surface area contributed by atoms with Crippen LogP contribution in [0.25, 0.3) is 0 Å². The van der Waals surface area contributed by atoms with Crippen LogP contribution in [0.2, 0.25) is 0 Å². The Kier molecular flexibility index (Phi) is 5.05. The normalized spacial score (nSPS) is 9.76. The molecule has 0 radical (unpaired) electrons. The monoisotopic (exact) mass is 321 g/mol. The molecule has 2 aromatic heterocycles. The van der Waals surface area contributed by atoms with Crippen LogP contribution in [0, 0.1) is 22.0 Å². The van der Waals surface area contributed by atoms with Crippen LogP contribution >= 0.6 is 22.7 Å². The summed E-state index contributed by atoms with van der Waals surface area (Å²) >= 11 is 2.33. The fourth-order valence-electron chi connectivity index (χ4n) is 1.48. The fraction of sp³-hybridized carbons (Fsp3) is 0.154. The van der Waals surface area contributed by atoms with Crippen molar-refractivity contribution in [2.45, 2.75) is 6.54 Å². The number of rotatable bonds is 4. The standard InChI is InChI=1S/C13H11N3O3S2/c14-7-1-2-9-3-4-10(20-9)8-15-13(17)11-5-6-12(21-11)16(18)19/h3-6H,7-8,14H2,(H,15,17). The maximum absolute atomic E-state index is 11.9. The van der Waals surface area contributed by atoms with Gasteiger partial charge in [-0.25, -0.2) is 0 Å². The van der Waals surface area contributed by atoms with Gasteiger partial charge in [0.1, 0.15) is 0 Å². The molecule has 0 atom stereocenters. The molecule has 3 N–H and O–H groups in total. The lowest BCUT2D eigenvalue weighted by molar-refractivity contribution is -0.380. The predicted octanol–water partition coefficient (Wildman–Crippen LogP) is 1.96. The number of nitrogens with two attached hydrogens (primary N) is 1. The number of nitrogens with one attached hydrogen (secondary N) is 1. The van der Waals surface area contributed by atoms with Gasteiger partial charge in [-0.3, -0.25) is 14.9 Å². The molecule has 0 spiro atoms. The molecule has 0 bridgehead atoms. The average molecular weight is 321 g/mol. The van der Waals surface area contributed by atoms with Crippen molar-refractivity contribution in [3.05, 3.63) is 49.0 Å². The fourth-order valence-corrected chi connectivity index (χ4v) is 3.04. The average Bonchev–Trinajstić information content (AvgIpc) is 3.11. The van der Waals surface area contributed by atoms with E-state index in [1.807, 2.05) is 12.1 Å². The second-order valence-electron chi connectivity index (χ2n) is 3.85. The molecule has 8 heteroatoms. The van der Waals surface area contributed by atoms with Crippen LogP contribution in [0.1, 0.15) is 19.4 Å². The van der Waals surface area contributed by atoms with E-state index in [1.54, 1.807) is 0 Å². The van der Waals surface area contributed by atoms with Gasteiger partial charge >= 0.3 is 5.00 Å². The van der Waals surface area contributed by atoms with E-state index in [0.717, 1.165) is 21.1 Å². The van der Waals surface area contributed by atoms with Crippen molar-refractivity contribution in [2.24, 2.45) is 5.73 Å². The number of nitrogens with zero attached hydrogens (tertiary/aromatic N) is 1. The third kappa shape index (κ3) is 4.13. The lowest BCUT2D eigenvalue weighted by Crippen LogP contribution is -2.21. The van der Waals surface area contributed by atoms with Crippen LogP contribution in [0.3, 0.4) is 0 Å². The van der Waals surface area contributed by atoms with Gasteiger partial charge in [-0.2, -0.15) is 0 Å². The van der Waals surface area contributed by atoms with Crippen molar-refractivity contribution < 1.29 is 9.72 Å². The minimum Gasteiger partial charge on any atom is -0.346 e. The zero-order chi connectivity index (χ0) is 15.2. The summed E-state index contributed by atoms with van der Waals surface area (Å²) in [5, 5.41) is 13.2. The largest absolute Gasteiger partial charge is 0.346 e. The number of nitro groups is 1. The van der Waals surface area contributed by atoms with E-state index >= 15 is 0 Å². The van der Waals surface area contributed by atoms with Gasteiger partial charge in [-0.15, -0.1) is 11.3 Å². The summed E-state index contributed by atoms with van der Waals surface area (Å²) in [5.74, 6) is 5.36. The molecule has 21 heavy (non-hydrogen) atoms. The Morgan fingerprint density at radius 1 is 1.33 bits per heavy atom. The molecule has 2 heterocycles. The minimum absolute atomic E-state index is 0.0457. The van der Waals surface area contributed by atoms with E-state index in [2.05, 4.69) is 17.2 Å². The third-order valence-corrected chi connectivity index (χ3v) is 4.43. The van der Waals surface area contributed by atoms with Gasteiger partial charge in [-0.05, 0) is 18.2 Å². The molecule has 1 amide bonds. The summed E-state index contributed by atoms with van der Waals surface area (Å²) in [7, 11) is 0. The molecule has 0 unspecified atom stereocenters. The number of carbonyl (C=O) groups is 1. The van der Waals surface area contributed by atoms with E-state index in [1.165, 1.54) is 23.5 Å². The van der Waals surface area contributed by atoms with E-state index in [4.69, 9.17) is 5.73 Å². The lowest BCUT2D eigenvalue weighted by Gasteiger charge is -2.00. The van der Waals surface area contributed by atoms with Gasteiger partial charge in [0.15, 0.2) is 0 Å². The van der Waals surface area contributed by atoms with Gasteiger partial charge in [0.2, 0.25) is 0 Å². The summed E-state index contributed by atoms with van der Waals surface area (Å²) < 4.78 is 0. The first kappa shape index (κ1) is 15.2. The number of carbonyl (C=O) groups excluding carboxylic acids is 1. The van der Waals surface area contributed by atoms with Crippen LogP contribution in [-0.4, -0.2) is 17.4 Å².